The minimum atomic E-state index is -4.81. The molecule has 1 fully saturated rings. The molecule has 1 aromatic heterocycles. The fourth-order valence-electron chi connectivity index (χ4n) is 2.68. The zero-order valence-electron chi connectivity index (χ0n) is 13.6. The van der Waals surface area contributed by atoms with Gasteiger partial charge in [0.05, 0.1) is 31.0 Å². The van der Waals surface area contributed by atoms with Crippen molar-refractivity contribution < 1.29 is 17.9 Å². The molecular weight excluding hydrogens is 347 g/mol. The topological polar surface area (TPSA) is 48.0 Å². The first-order chi connectivity index (χ1) is 12.4. The van der Waals surface area contributed by atoms with Gasteiger partial charge in [-0.15, -0.1) is 0 Å². The summed E-state index contributed by atoms with van der Waals surface area (Å²) in [7, 11) is 0. The summed E-state index contributed by atoms with van der Waals surface area (Å²) in [5, 5.41) is 4.26. The lowest BCUT2D eigenvalue weighted by Gasteiger charge is -2.17. The van der Waals surface area contributed by atoms with E-state index in [4.69, 9.17) is 11.3 Å². The fraction of sp³-hybridized carbons (Fsp3) is 0.278. The van der Waals surface area contributed by atoms with E-state index in [0.29, 0.717) is 37.3 Å². The normalized spacial score (nSPS) is 14.8. The van der Waals surface area contributed by atoms with Crippen LogP contribution >= 0.6 is 0 Å². The van der Waals surface area contributed by atoms with E-state index in [1.54, 1.807) is 30.3 Å². The van der Waals surface area contributed by atoms with Crippen molar-refractivity contribution in [2.24, 2.45) is 5.10 Å². The minimum absolute atomic E-state index is 0.00526. The van der Waals surface area contributed by atoms with Crippen molar-refractivity contribution >= 4 is 11.4 Å². The van der Waals surface area contributed by atoms with Crippen molar-refractivity contribution in [2.45, 2.75) is 19.0 Å². The van der Waals surface area contributed by atoms with Gasteiger partial charge in [0.2, 0.25) is 0 Å². The summed E-state index contributed by atoms with van der Waals surface area (Å²) in [6.07, 6.45) is -3.85. The molecule has 1 aliphatic heterocycles. The predicted molar refractivity (Wildman–Crippen MR) is 90.3 cm³/mol. The molecule has 0 amide bonds. The summed E-state index contributed by atoms with van der Waals surface area (Å²) < 4.78 is 46.2. The van der Waals surface area contributed by atoms with Crippen molar-refractivity contribution in [2.75, 3.05) is 13.2 Å². The highest BCUT2D eigenvalue weighted by Crippen LogP contribution is 2.37. The maximum absolute atomic E-state index is 13.4. The molecule has 26 heavy (non-hydrogen) atoms. The average Bonchev–Trinajstić information content (AvgIpc) is 2.63. The van der Waals surface area contributed by atoms with Gasteiger partial charge in [0, 0.05) is 24.1 Å². The van der Waals surface area contributed by atoms with Crippen LogP contribution in [-0.4, -0.2) is 23.6 Å². The largest absolute Gasteiger partial charge is 0.407 e. The number of benzene rings is 1. The SMILES string of the molecule is [C-]#[N+]c1c(C(F)(F)F)cc(-c2ccccc2)n(N=C2CCOCC2)c1=O. The molecule has 1 aromatic carbocycles. The molecule has 2 aromatic rings. The Hall–Kier alpha value is -2.92. The molecule has 8 heteroatoms. The van der Waals surface area contributed by atoms with E-state index in [-0.39, 0.29) is 5.69 Å². The van der Waals surface area contributed by atoms with Crippen LogP contribution in [0.3, 0.4) is 0 Å². The Labute approximate surface area is 147 Å². The summed E-state index contributed by atoms with van der Waals surface area (Å²) in [6, 6.07) is 9.02. The lowest BCUT2D eigenvalue weighted by Crippen LogP contribution is -2.25. The zero-order chi connectivity index (χ0) is 18.7. The van der Waals surface area contributed by atoms with Gasteiger partial charge in [-0.1, -0.05) is 30.3 Å². The quantitative estimate of drug-likeness (QED) is 0.756. The summed E-state index contributed by atoms with van der Waals surface area (Å²) in [4.78, 5) is 15.5. The van der Waals surface area contributed by atoms with Gasteiger partial charge in [-0.05, 0) is 6.07 Å². The van der Waals surface area contributed by atoms with Gasteiger partial charge >= 0.3 is 6.18 Å². The average molecular weight is 361 g/mol. The number of hydrogen-bond acceptors (Lipinski definition) is 3. The number of halogens is 3. The highest BCUT2D eigenvalue weighted by atomic mass is 19.4. The molecule has 0 radical (unpaired) electrons. The van der Waals surface area contributed by atoms with E-state index >= 15 is 0 Å². The second-order valence-corrected chi connectivity index (χ2v) is 5.66. The van der Waals surface area contributed by atoms with Gasteiger partial charge < -0.3 is 4.74 Å². The van der Waals surface area contributed by atoms with Crippen LogP contribution in [0.15, 0.2) is 46.3 Å². The number of hydrogen-bond donors (Lipinski definition) is 0. The Balaban J connectivity index is 2.31. The Bertz CT molecular complexity index is 933. The van der Waals surface area contributed by atoms with E-state index in [9.17, 15) is 18.0 Å². The maximum atomic E-state index is 13.4. The van der Waals surface area contributed by atoms with Gasteiger partial charge in [0.15, 0.2) is 0 Å². The van der Waals surface area contributed by atoms with Crippen molar-refractivity contribution in [3.63, 3.8) is 0 Å². The first-order valence-electron chi connectivity index (χ1n) is 7.86. The van der Waals surface area contributed by atoms with Crippen molar-refractivity contribution in [3.05, 3.63) is 63.7 Å². The van der Waals surface area contributed by atoms with E-state index in [0.717, 1.165) is 10.7 Å². The second-order valence-electron chi connectivity index (χ2n) is 5.66. The molecule has 134 valence electrons. The highest BCUT2D eigenvalue weighted by molar-refractivity contribution is 5.85. The van der Waals surface area contributed by atoms with Crippen LogP contribution in [0.2, 0.25) is 0 Å². The lowest BCUT2D eigenvalue weighted by atomic mass is 10.1. The Morgan fingerprint density at radius 1 is 1.15 bits per heavy atom. The summed E-state index contributed by atoms with van der Waals surface area (Å²) >= 11 is 0. The van der Waals surface area contributed by atoms with Gasteiger partial charge in [0.1, 0.15) is 0 Å². The first-order valence-corrected chi connectivity index (χ1v) is 7.86. The van der Waals surface area contributed by atoms with Crippen LogP contribution < -0.4 is 5.56 Å². The molecule has 0 atom stereocenters. The Morgan fingerprint density at radius 3 is 2.38 bits per heavy atom. The molecule has 1 saturated heterocycles. The van der Waals surface area contributed by atoms with Crippen LogP contribution in [0.4, 0.5) is 18.9 Å². The molecule has 0 aliphatic carbocycles. The molecule has 0 bridgehead atoms. The van der Waals surface area contributed by atoms with Crippen LogP contribution in [0.1, 0.15) is 18.4 Å². The van der Waals surface area contributed by atoms with Gasteiger partial charge in [-0.2, -0.15) is 18.3 Å². The van der Waals surface area contributed by atoms with Crippen LogP contribution in [0.5, 0.6) is 0 Å². The van der Waals surface area contributed by atoms with E-state index in [2.05, 4.69) is 9.95 Å². The number of pyridine rings is 1. The molecular formula is C18H14F3N3O2. The lowest BCUT2D eigenvalue weighted by molar-refractivity contribution is -0.136. The van der Waals surface area contributed by atoms with Crippen LogP contribution in [0, 0.1) is 6.57 Å². The number of alkyl halides is 3. The van der Waals surface area contributed by atoms with E-state index in [1.165, 1.54) is 0 Å². The van der Waals surface area contributed by atoms with Gasteiger partial charge in [-0.3, -0.25) is 4.79 Å². The summed E-state index contributed by atoms with van der Waals surface area (Å²) in [5.74, 6) is 0. The first kappa shape index (κ1) is 17.9. The molecule has 0 spiro atoms. The van der Waals surface area contributed by atoms with Crippen molar-refractivity contribution in [1.29, 1.82) is 0 Å². The van der Waals surface area contributed by atoms with Gasteiger partial charge in [-0.25, -0.2) is 9.52 Å². The zero-order valence-corrected chi connectivity index (χ0v) is 13.6. The number of nitrogens with zero attached hydrogens (tertiary/aromatic N) is 3. The maximum Gasteiger partial charge on any atom is 0.407 e. The Morgan fingerprint density at radius 2 is 1.81 bits per heavy atom. The third-order valence-corrected chi connectivity index (χ3v) is 3.96. The molecule has 0 N–H and O–H groups in total. The van der Waals surface area contributed by atoms with E-state index in [1.807, 2.05) is 0 Å². The van der Waals surface area contributed by atoms with Crippen LogP contribution in [0.25, 0.3) is 16.1 Å². The molecule has 1 aliphatic rings. The van der Waals surface area contributed by atoms with Crippen molar-refractivity contribution in [3.8, 4) is 11.3 Å². The minimum Gasteiger partial charge on any atom is -0.381 e. The van der Waals surface area contributed by atoms with Gasteiger partial charge in [0.25, 0.3) is 11.2 Å². The molecule has 0 unspecified atom stereocenters. The number of ether oxygens (including phenoxy) is 1. The molecule has 0 saturated carbocycles. The Kier molecular flexibility index (Phi) is 4.91. The third-order valence-electron chi connectivity index (χ3n) is 3.96. The van der Waals surface area contributed by atoms with Crippen LogP contribution in [-0.2, 0) is 10.9 Å². The summed E-state index contributed by atoms with van der Waals surface area (Å²) in [6.45, 7) is 7.91. The number of aromatic nitrogens is 1. The standard InChI is InChI=1S/C18H14F3N3O2/c1-22-16-14(18(19,20)21)11-15(12-5-3-2-4-6-12)24(17(16)25)23-13-7-9-26-10-8-13/h2-6,11H,7-10H2. The third kappa shape index (κ3) is 3.53. The molecule has 3 rings (SSSR count). The van der Waals surface area contributed by atoms with E-state index < -0.39 is 23.0 Å². The smallest absolute Gasteiger partial charge is 0.381 e. The predicted octanol–water partition coefficient (Wildman–Crippen LogP) is 4.10. The fourth-order valence-corrected chi connectivity index (χ4v) is 2.68. The number of rotatable bonds is 2. The molecule has 5 nitrogen and oxygen atoms in total. The second kappa shape index (κ2) is 7.14. The summed E-state index contributed by atoms with van der Waals surface area (Å²) in [5.41, 5.74) is -2.26. The van der Waals surface area contributed by atoms with Crippen molar-refractivity contribution in [1.82, 2.24) is 4.68 Å². The molecule has 2 heterocycles. The monoisotopic (exact) mass is 361 g/mol. The highest BCUT2D eigenvalue weighted by Gasteiger charge is 2.36.